The van der Waals surface area contributed by atoms with E-state index in [-0.39, 0.29) is 23.9 Å². The highest BCUT2D eigenvalue weighted by Crippen LogP contribution is 2.23. The van der Waals surface area contributed by atoms with Crippen molar-refractivity contribution in [2.75, 3.05) is 12.4 Å². The number of hydrogen-bond donors (Lipinski definition) is 1. The van der Waals surface area contributed by atoms with Crippen LogP contribution in [0.1, 0.15) is 17.3 Å². The fraction of sp³-hybridized carbons (Fsp3) is 0.214. The van der Waals surface area contributed by atoms with E-state index in [9.17, 15) is 19.7 Å². The van der Waals surface area contributed by atoms with Crippen LogP contribution in [-0.2, 0) is 11.3 Å². The SMILES string of the molecule is COc1nn(CC(=O)Nc2ccc(C(C)=O)cc2)cc1[N+](=O)[O-]. The highest BCUT2D eigenvalue weighted by molar-refractivity contribution is 5.95. The van der Waals surface area contributed by atoms with Crippen LogP contribution in [0.2, 0.25) is 0 Å². The summed E-state index contributed by atoms with van der Waals surface area (Å²) in [6.07, 6.45) is 1.12. The standard InChI is InChI=1S/C14H14N4O5/c1-9(19)10-3-5-11(6-4-10)15-13(20)8-17-7-12(18(21)22)14(16-17)23-2/h3-7H,8H2,1-2H3,(H,15,20). The van der Waals surface area contributed by atoms with Gasteiger partial charge in [0, 0.05) is 11.3 Å². The summed E-state index contributed by atoms with van der Waals surface area (Å²) in [7, 11) is 1.26. The molecule has 2 rings (SSSR count). The quantitative estimate of drug-likeness (QED) is 0.491. The number of rotatable bonds is 6. The maximum atomic E-state index is 11.9. The molecule has 1 N–H and O–H groups in total. The number of methoxy groups -OCH3 is 1. The first-order chi connectivity index (χ1) is 10.9. The van der Waals surface area contributed by atoms with Gasteiger partial charge in [-0.3, -0.25) is 24.4 Å². The number of ketones is 1. The molecule has 9 nitrogen and oxygen atoms in total. The zero-order valence-electron chi connectivity index (χ0n) is 12.5. The minimum absolute atomic E-state index is 0.0705. The van der Waals surface area contributed by atoms with Crippen LogP contribution >= 0.6 is 0 Å². The minimum atomic E-state index is -0.638. The number of Topliss-reactive ketones (excluding diaryl/α,β-unsaturated/α-hetero) is 1. The number of aromatic nitrogens is 2. The van der Waals surface area contributed by atoms with E-state index in [1.54, 1.807) is 24.3 Å². The summed E-state index contributed by atoms with van der Waals surface area (Å²) < 4.78 is 5.91. The van der Waals surface area contributed by atoms with Gasteiger partial charge in [0.25, 0.3) is 0 Å². The third-order valence-corrected chi connectivity index (χ3v) is 2.98. The Kier molecular flexibility index (Phi) is 4.69. The second-order valence-corrected chi connectivity index (χ2v) is 4.66. The molecule has 23 heavy (non-hydrogen) atoms. The Morgan fingerprint density at radius 3 is 2.48 bits per heavy atom. The average Bonchev–Trinajstić information content (AvgIpc) is 2.90. The lowest BCUT2D eigenvalue weighted by molar-refractivity contribution is -0.385. The Morgan fingerprint density at radius 2 is 2.00 bits per heavy atom. The molecule has 0 unspecified atom stereocenters. The van der Waals surface area contributed by atoms with Gasteiger partial charge in [-0.1, -0.05) is 0 Å². The van der Waals surface area contributed by atoms with Gasteiger partial charge in [0.1, 0.15) is 12.7 Å². The summed E-state index contributed by atoms with van der Waals surface area (Å²) in [5.41, 5.74) is 0.732. The van der Waals surface area contributed by atoms with Crippen LogP contribution < -0.4 is 10.1 Å². The fourth-order valence-corrected chi connectivity index (χ4v) is 1.88. The lowest BCUT2D eigenvalue weighted by Crippen LogP contribution is -2.19. The minimum Gasteiger partial charge on any atom is -0.475 e. The molecule has 1 aromatic carbocycles. The zero-order chi connectivity index (χ0) is 17.0. The van der Waals surface area contributed by atoms with Gasteiger partial charge in [0.05, 0.1) is 12.0 Å². The first-order valence-corrected chi connectivity index (χ1v) is 6.57. The first-order valence-electron chi connectivity index (χ1n) is 6.57. The third-order valence-electron chi connectivity index (χ3n) is 2.98. The van der Waals surface area contributed by atoms with Gasteiger partial charge in [-0.05, 0) is 31.2 Å². The Hall–Kier alpha value is -3.23. The molecule has 0 saturated carbocycles. The molecule has 0 aliphatic heterocycles. The molecular weight excluding hydrogens is 304 g/mol. The van der Waals surface area contributed by atoms with E-state index < -0.39 is 10.8 Å². The van der Waals surface area contributed by atoms with Crippen molar-refractivity contribution in [3.8, 4) is 5.88 Å². The number of anilines is 1. The molecule has 1 amide bonds. The number of amides is 1. The van der Waals surface area contributed by atoms with Gasteiger partial charge in [0.2, 0.25) is 5.91 Å². The van der Waals surface area contributed by atoms with E-state index in [4.69, 9.17) is 4.74 Å². The summed E-state index contributed by atoms with van der Waals surface area (Å²) in [5.74, 6) is -0.645. The number of carbonyl (C=O) groups is 2. The summed E-state index contributed by atoms with van der Waals surface area (Å²) in [6.45, 7) is 1.24. The Balaban J connectivity index is 2.04. The van der Waals surface area contributed by atoms with Crippen LogP contribution in [-0.4, -0.2) is 33.5 Å². The molecular formula is C14H14N4O5. The van der Waals surface area contributed by atoms with Gasteiger partial charge in [0.15, 0.2) is 5.78 Å². The highest BCUT2D eigenvalue weighted by Gasteiger charge is 2.21. The Bertz CT molecular complexity index is 751. The van der Waals surface area contributed by atoms with Crippen LogP contribution in [0.15, 0.2) is 30.5 Å². The van der Waals surface area contributed by atoms with E-state index in [0.29, 0.717) is 11.3 Å². The molecule has 120 valence electrons. The van der Waals surface area contributed by atoms with Crippen LogP contribution in [0.25, 0.3) is 0 Å². The Labute approximate surface area is 131 Å². The molecule has 0 radical (unpaired) electrons. The summed E-state index contributed by atoms with van der Waals surface area (Å²) in [6, 6.07) is 6.39. The number of carbonyl (C=O) groups excluding carboxylic acids is 2. The molecule has 1 heterocycles. The van der Waals surface area contributed by atoms with Crippen molar-refractivity contribution in [1.82, 2.24) is 9.78 Å². The number of hydrogen-bond acceptors (Lipinski definition) is 6. The second kappa shape index (κ2) is 6.69. The molecule has 0 bridgehead atoms. The van der Waals surface area contributed by atoms with E-state index in [0.717, 1.165) is 10.9 Å². The smallest absolute Gasteiger partial charge is 0.350 e. The van der Waals surface area contributed by atoms with Gasteiger partial charge < -0.3 is 10.1 Å². The van der Waals surface area contributed by atoms with Gasteiger partial charge in [-0.25, -0.2) is 0 Å². The summed E-state index contributed by atoms with van der Waals surface area (Å²) >= 11 is 0. The van der Waals surface area contributed by atoms with E-state index in [2.05, 4.69) is 10.4 Å². The third kappa shape index (κ3) is 3.90. The van der Waals surface area contributed by atoms with Crippen molar-refractivity contribution >= 4 is 23.1 Å². The molecule has 9 heteroatoms. The highest BCUT2D eigenvalue weighted by atomic mass is 16.6. The van der Waals surface area contributed by atoms with Crippen molar-refractivity contribution in [3.63, 3.8) is 0 Å². The molecule has 0 saturated heterocycles. The normalized spacial score (nSPS) is 10.2. The van der Waals surface area contributed by atoms with Crippen LogP contribution in [0.3, 0.4) is 0 Å². The molecule has 1 aromatic heterocycles. The van der Waals surface area contributed by atoms with Crippen LogP contribution in [0, 0.1) is 10.1 Å². The maximum Gasteiger partial charge on any atom is 0.350 e. The summed E-state index contributed by atoms with van der Waals surface area (Å²) in [5, 5.41) is 17.2. The number of nitro groups is 1. The molecule has 0 aliphatic carbocycles. The number of nitrogens with one attached hydrogen (secondary N) is 1. The first kappa shape index (κ1) is 16.1. The largest absolute Gasteiger partial charge is 0.475 e. The predicted octanol–water partition coefficient (Wildman–Crippen LogP) is 1.64. The summed E-state index contributed by atoms with van der Waals surface area (Å²) in [4.78, 5) is 33.3. The average molecular weight is 318 g/mol. The second-order valence-electron chi connectivity index (χ2n) is 4.66. The van der Waals surface area contributed by atoms with Crippen molar-refractivity contribution < 1.29 is 19.2 Å². The van der Waals surface area contributed by atoms with Crippen LogP contribution in [0.4, 0.5) is 11.4 Å². The van der Waals surface area contributed by atoms with E-state index in [1.807, 2.05) is 0 Å². The lowest BCUT2D eigenvalue weighted by atomic mass is 10.1. The van der Waals surface area contributed by atoms with Crippen molar-refractivity contribution in [1.29, 1.82) is 0 Å². The maximum absolute atomic E-state index is 11.9. The zero-order valence-corrected chi connectivity index (χ0v) is 12.5. The van der Waals surface area contributed by atoms with Crippen LogP contribution in [0.5, 0.6) is 5.88 Å². The monoisotopic (exact) mass is 318 g/mol. The van der Waals surface area contributed by atoms with Gasteiger partial charge in [-0.2, -0.15) is 0 Å². The van der Waals surface area contributed by atoms with Gasteiger partial charge in [-0.15, -0.1) is 5.10 Å². The number of nitrogens with zero attached hydrogens (tertiary/aromatic N) is 3. The van der Waals surface area contributed by atoms with Crippen molar-refractivity contribution in [2.45, 2.75) is 13.5 Å². The van der Waals surface area contributed by atoms with E-state index in [1.165, 1.54) is 14.0 Å². The number of ether oxygens (including phenoxy) is 1. The molecule has 0 aliphatic rings. The molecule has 0 atom stereocenters. The predicted molar refractivity (Wildman–Crippen MR) is 80.5 cm³/mol. The van der Waals surface area contributed by atoms with E-state index >= 15 is 0 Å². The fourth-order valence-electron chi connectivity index (χ4n) is 1.88. The Morgan fingerprint density at radius 1 is 1.35 bits per heavy atom. The van der Waals surface area contributed by atoms with Gasteiger partial charge >= 0.3 is 11.6 Å². The molecule has 0 spiro atoms. The van der Waals surface area contributed by atoms with Crippen molar-refractivity contribution in [2.24, 2.45) is 0 Å². The number of benzene rings is 1. The van der Waals surface area contributed by atoms with Crippen molar-refractivity contribution in [3.05, 3.63) is 46.1 Å². The molecule has 0 fully saturated rings. The lowest BCUT2D eigenvalue weighted by Gasteiger charge is -2.05. The topological polar surface area (TPSA) is 116 Å². The molecule has 2 aromatic rings.